The van der Waals surface area contributed by atoms with E-state index >= 15 is 0 Å². The molecule has 0 saturated heterocycles. The summed E-state index contributed by atoms with van der Waals surface area (Å²) in [6, 6.07) is 17.6. The lowest BCUT2D eigenvalue weighted by atomic mass is 10.1. The molecular weight excluding hydrogens is 300 g/mol. The van der Waals surface area contributed by atoms with E-state index in [0.717, 1.165) is 24.0 Å². The van der Waals surface area contributed by atoms with Crippen molar-refractivity contribution >= 4 is 11.8 Å². The quantitative estimate of drug-likeness (QED) is 0.889. The summed E-state index contributed by atoms with van der Waals surface area (Å²) in [5.41, 5.74) is 2.70. The van der Waals surface area contributed by atoms with E-state index in [-0.39, 0.29) is 11.8 Å². The van der Waals surface area contributed by atoms with Crippen LogP contribution in [0.15, 0.2) is 54.6 Å². The minimum absolute atomic E-state index is 0.0161. The highest BCUT2D eigenvalue weighted by Gasteiger charge is 2.23. The van der Waals surface area contributed by atoms with Gasteiger partial charge in [-0.1, -0.05) is 42.5 Å². The molecule has 0 unspecified atom stereocenters. The Labute approximate surface area is 142 Å². The van der Waals surface area contributed by atoms with Gasteiger partial charge in [0.1, 0.15) is 0 Å². The second-order valence-corrected chi connectivity index (χ2v) is 6.36. The molecule has 3 rings (SSSR count). The largest absolute Gasteiger partial charge is 0.349 e. The van der Waals surface area contributed by atoms with Gasteiger partial charge >= 0.3 is 0 Å². The third kappa shape index (κ3) is 4.44. The Bertz CT molecular complexity index is 706. The molecule has 2 amide bonds. The zero-order chi connectivity index (χ0) is 16.9. The molecule has 0 radical (unpaired) electrons. The van der Waals surface area contributed by atoms with Crippen LogP contribution in [-0.4, -0.2) is 29.8 Å². The van der Waals surface area contributed by atoms with Gasteiger partial charge in [0.2, 0.25) is 5.91 Å². The van der Waals surface area contributed by atoms with Crippen molar-refractivity contribution in [2.24, 2.45) is 0 Å². The molecule has 0 aromatic heterocycles. The molecule has 124 valence electrons. The Morgan fingerprint density at radius 3 is 2.29 bits per heavy atom. The van der Waals surface area contributed by atoms with Crippen LogP contribution in [0.3, 0.4) is 0 Å². The normalized spacial score (nSPS) is 13.4. The fourth-order valence-corrected chi connectivity index (χ4v) is 2.53. The van der Waals surface area contributed by atoms with Gasteiger partial charge in [-0.2, -0.15) is 0 Å². The molecule has 1 aliphatic carbocycles. The van der Waals surface area contributed by atoms with Crippen LogP contribution >= 0.6 is 0 Å². The van der Waals surface area contributed by atoms with E-state index in [4.69, 9.17) is 0 Å². The van der Waals surface area contributed by atoms with Gasteiger partial charge in [0, 0.05) is 25.2 Å². The lowest BCUT2D eigenvalue weighted by molar-refractivity contribution is -0.129. The van der Waals surface area contributed by atoms with E-state index in [1.165, 1.54) is 0 Å². The minimum atomic E-state index is -0.0161. The number of hydrogen-bond donors (Lipinski definition) is 1. The molecule has 24 heavy (non-hydrogen) atoms. The van der Waals surface area contributed by atoms with Crippen molar-refractivity contribution in [2.75, 3.05) is 7.05 Å². The second-order valence-electron chi connectivity index (χ2n) is 6.36. The first-order valence-corrected chi connectivity index (χ1v) is 8.29. The average Bonchev–Trinajstić information content (AvgIpc) is 3.40. The Morgan fingerprint density at radius 2 is 1.67 bits per heavy atom. The van der Waals surface area contributed by atoms with Crippen LogP contribution in [0.4, 0.5) is 0 Å². The standard InChI is InChI=1S/C20H22N2O2/c1-22(19(23)13-15-5-3-2-4-6-15)14-16-7-9-17(10-8-16)20(24)21-18-11-12-18/h2-10,18H,11-14H2,1H3,(H,21,24). The van der Waals surface area contributed by atoms with Crippen molar-refractivity contribution in [3.8, 4) is 0 Å². The molecule has 2 aromatic rings. The van der Waals surface area contributed by atoms with Gasteiger partial charge in [-0.25, -0.2) is 0 Å². The van der Waals surface area contributed by atoms with E-state index in [0.29, 0.717) is 24.6 Å². The number of benzene rings is 2. The van der Waals surface area contributed by atoms with Crippen LogP contribution in [0.5, 0.6) is 0 Å². The maximum absolute atomic E-state index is 12.3. The fourth-order valence-electron chi connectivity index (χ4n) is 2.53. The first-order chi connectivity index (χ1) is 11.6. The third-order valence-corrected chi connectivity index (χ3v) is 4.17. The Kier molecular flexibility index (Phi) is 4.94. The molecular formula is C20H22N2O2. The monoisotopic (exact) mass is 322 g/mol. The molecule has 1 aliphatic rings. The van der Waals surface area contributed by atoms with Gasteiger partial charge in [-0.15, -0.1) is 0 Å². The number of amides is 2. The predicted molar refractivity (Wildman–Crippen MR) is 93.6 cm³/mol. The van der Waals surface area contributed by atoms with E-state index < -0.39 is 0 Å². The molecule has 0 atom stereocenters. The van der Waals surface area contributed by atoms with Gasteiger partial charge in [0.05, 0.1) is 6.42 Å². The van der Waals surface area contributed by atoms with Crippen LogP contribution < -0.4 is 5.32 Å². The van der Waals surface area contributed by atoms with Crippen LogP contribution in [-0.2, 0) is 17.8 Å². The smallest absolute Gasteiger partial charge is 0.251 e. The summed E-state index contributed by atoms with van der Waals surface area (Å²) in [6.07, 6.45) is 2.56. The molecule has 4 nitrogen and oxygen atoms in total. The highest BCUT2D eigenvalue weighted by atomic mass is 16.2. The van der Waals surface area contributed by atoms with Crippen molar-refractivity contribution in [1.29, 1.82) is 0 Å². The lowest BCUT2D eigenvalue weighted by Gasteiger charge is -2.17. The molecule has 2 aromatic carbocycles. The van der Waals surface area contributed by atoms with E-state index in [2.05, 4.69) is 5.32 Å². The molecule has 1 N–H and O–H groups in total. The summed E-state index contributed by atoms with van der Waals surface area (Å²) >= 11 is 0. The first-order valence-electron chi connectivity index (χ1n) is 8.29. The van der Waals surface area contributed by atoms with Gasteiger partial charge in [-0.3, -0.25) is 9.59 Å². The first kappa shape index (κ1) is 16.2. The summed E-state index contributed by atoms with van der Waals surface area (Å²) in [5, 5.41) is 2.97. The average molecular weight is 322 g/mol. The highest BCUT2D eigenvalue weighted by Crippen LogP contribution is 2.19. The lowest BCUT2D eigenvalue weighted by Crippen LogP contribution is -2.28. The van der Waals surface area contributed by atoms with Gasteiger partial charge in [0.25, 0.3) is 5.91 Å². The Balaban J connectivity index is 1.54. The Morgan fingerprint density at radius 1 is 1.00 bits per heavy atom. The number of nitrogens with one attached hydrogen (secondary N) is 1. The Hall–Kier alpha value is -2.62. The van der Waals surface area contributed by atoms with Crippen molar-refractivity contribution in [3.63, 3.8) is 0 Å². The van der Waals surface area contributed by atoms with Gasteiger partial charge in [0.15, 0.2) is 0 Å². The van der Waals surface area contributed by atoms with Crippen LogP contribution in [0.1, 0.15) is 34.3 Å². The molecule has 0 heterocycles. The summed E-state index contributed by atoms with van der Waals surface area (Å²) in [5.74, 6) is 0.0642. The number of rotatable bonds is 6. The maximum atomic E-state index is 12.3. The third-order valence-electron chi connectivity index (χ3n) is 4.17. The number of carbonyl (C=O) groups excluding carboxylic acids is 2. The second kappa shape index (κ2) is 7.30. The fraction of sp³-hybridized carbons (Fsp3) is 0.300. The number of likely N-dealkylation sites (N-methyl/N-ethyl adjacent to an activating group) is 1. The number of carbonyl (C=O) groups is 2. The van der Waals surface area contributed by atoms with E-state index in [9.17, 15) is 9.59 Å². The molecule has 1 saturated carbocycles. The minimum Gasteiger partial charge on any atom is -0.349 e. The topological polar surface area (TPSA) is 49.4 Å². The molecule has 0 bridgehead atoms. The molecule has 4 heteroatoms. The van der Waals surface area contributed by atoms with Crippen LogP contribution in [0.2, 0.25) is 0 Å². The summed E-state index contributed by atoms with van der Waals surface area (Å²) < 4.78 is 0. The SMILES string of the molecule is CN(Cc1ccc(C(=O)NC2CC2)cc1)C(=O)Cc1ccccc1. The summed E-state index contributed by atoms with van der Waals surface area (Å²) in [4.78, 5) is 26.0. The molecule has 1 fully saturated rings. The van der Waals surface area contributed by atoms with Crippen molar-refractivity contribution in [2.45, 2.75) is 31.8 Å². The molecule has 0 spiro atoms. The van der Waals surface area contributed by atoms with Crippen molar-refractivity contribution in [3.05, 3.63) is 71.3 Å². The van der Waals surface area contributed by atoms with Crippen LogP contribution in [0.25, 0.3) is 0 Å². The van der Waals surface area contributed by atoms with Gasteiger partial charge in [-0.05, 0) is 36.1 Å². The van der Waals surface area contributed by atoms with Crippen LogP contribution in [0, 0.1) is 0 Å². The van der Waals surface area contributed by atoms with Crippen molar-refractivity contribution < 1.29 is 9.59 Å². The maximum Gasteiger partial charge on any atom is 0.251 e. The zero-order valence-corrected chi connectivity index (χ0v) is 13.9. The van der Waals surface area contributed by atoms with Gasteiger partial charge < -0.3 is 10.2 Å². The number of hydrogen-bond acceptors (Lipinski definition) is 2. The van der Waals surface area contributed by atoms with Crippen molar-refractivity contribution in [1.82, 2.24) is 10.2 Å². The predicted octanol–water partition coefficient (Wildman–Crippen LogP) is 2.78. The summed E-state index contributed by atoms with van der Waals surface area (Å²) in [6.45, 7) is 0.538. The number of nitrogens with zero attached hydrogens (tertiary/aromatic N) is 1. The highest BCUT2D eigenvalue weighted by molar-refractivity contribution is 5.94. The molecule has 0 aliphatic heterocycles. The zero-order valence-electron chi connectivity index (χ0n) is 13.9. The van der Waals surface area contributed by atoms with E-state index in [1.807, 2.05) is 54.6 Å². The van der Waals surface area contributed by atoms with E-state index in [1.54, 1.807) is 11.9 Å². The summed E-state index contributed by atoms with van der Waals surface area (Å²) in [7, 11) is 1.80.